The normalized spacial score (nSPS) is 9.83. The molecule has 0 saturated heterocycles. The van der Waals surface area contributed by atoms with Gasteiger partial charge in [0.15, 0.2) is 0 Å². The van der Waals surface area contributed by atoms with Crippen LogP contribution in [0, 0.1) is 0 Å². The number of urea groups is 1. The molecule has 0 heterocycles. The minimum Gasteiger partial charge on any atom is -0.506 e. The summed E-state index contributed by atoms with van der Waals surface area (Å²) in [4.78, 5) is 23.4. The van der Waals surface area contributed by atoms with Crippen LogP contribution in [0.5, 0.6) is 11.5 Å². The number of phenols is 1. The summed E-state index contributed by atoms with van der Waals surface area (Å²) in [6, 6.07) is 10.2. The molecule has 2 rings (SSSR count). The van der Waals surface area contributed by atoms with Gasteiger partial charge in [-0.3, -0.25) is 0 Å². The summed E-state index contributed by atoms with van der Waals surface area (Å²) in [5, 5.41) is 14.9. The Bertz CT molecular complexity index is 730. The number of esters is 1. The molecule has 2 aromatic carbocycles. The molecule has 0 radical (unpaired) electrons. The molecule has 0 aliphatic rings. The average molecular weight is 316 g/mol. The first kappa shape index (κ1) is 16.2. The topological polar surface area (TPSA) is 96.9 Å². The van der Waals surface area contributed by atoms with Crippen LogP contribution >= 0.6 is 0 Å². The first-order valence-corrected chi connectivity index (χ1v) is 6.67. The minimum absolute atomic E-state index is 0.122. The van der Waals surface area contributed by atoms with Crippen LogP contribution in [-0.2, 0) is 4.74 Å². The van der Waals surface area contributed by atoms with Gasteiger partial charge in [-0.2, -0.15) is 0 Å². The lowest BCUT2D eigenvalue weighted by Gasteiger charge is -2.10. The molecule has 0 aromatic heterocycles. The molecule has 2 aromatic rings. The Morgan fingerprint density at radius 1 is 1.04 bits per heavy atom. The number of carbonyl (C=O) groups excluding carboxylic acids is 2. The zero-order valence-electron chi connectivity index (χ0n) is 12.6. The van der Waals surface area contributed by atoms with E-state index in [0.29, 0.717) is 17.0 Å². The van der Waals surface area contributed by atoms with Crippen molar-refractivity contribution in [2.75, 3.05) is 24.9 Å². The maximum absolute atomic E-state index is 12.0. The van der Waals surface area contributed by atoms with Crippen molar-refractivity contribution in [3.05, 3.63) is 48.0 Å². The third kappa shape index (κ3) is 4.13. The molecule has 0 atom stereocenters. The summed E-state index contributed by atoms with van der Waals surface area (Å²) in [6.45, 7) is 0. The van der Waals surface area contributed by atoms with Crippen LogP contribution < -0.4 is 15.4 Å². The fourth-order valence-electron chi connectivity index (χ4n) is 1.87. The first-order chi connectivity index (χ1) is 11.0. The molecule has 23 heavy (non-hydrogen) atoms. The van der Waals surface area contributed by atoms with Crippen LogP contribution in [0.25, 0.3) is 0 Å². The van der Waals surface area contributed by atoms with E-state index in [1.165, 1.54) is 32.4 Å². The van der Waals surface area contributed by atoms with Gasteiger partial charge in [0.25, 0.3) is 0 Å². The summed E-state index contributed by atoms with van der Waals surface area (Å²) in [6.07, 6.45) is 0. The smallest absolute Gasteiger partial charge is 0.337 e. The van der Waals surface area contributed by atoms with Crippen molar-refractivity contribution >= 4 is 23.4 Å². The van der Waals surface area contributed by atoms with E-state index in [1.807, 2.05) is 0 Å². The standard InChI is InChI=1S/C16H16N2O5/c1-22-12-6-7-13(14(19)9-12)18-16(21)17-11-5-3-4-10(8-11)15(20)23-2/h3-9,19H,1-2H3,(H2,17,18,21). The Labute approximate surface area is 132 Å². The molecule has 7 heteroatoms. The number of aromatic hydroxyl groups is 1. The van der Waals surface area contributed by atoms with E-state index >= 15 is 0 Å². The van der Waals surface area contributed by atoms with Crippen molar-refractivity contribution in [1.29, 1.82) is 0 Å². The van der Waals surface area contributed by atoms with Gasteiger partial charge in [0.1, 0.15) is 11.5 Å². The van der Waals surface area contributed by atoms with E-state index in [9.17, 15) is 14.7 Å². The Kier molecular flexibility index (Phi) is 5.03. The second kappa shape index (κ2) is 7.17. The summed E-state index contributed by atoms with van der Waals surface area (Å²) < 4.78 is 9.58. The monoisotopic (exact) mass is 316 g/mol. The molecule has 0 unspecified atom stereocenters. The summed E-state index contributed by atoms with van der Waals surface area (Å²) in [5.41, 5.74) is 0.961. The van der Waals surface area contributed by atoms with E-state index in [0.717, 1.165) is 0 Å². The third-order valence-electron chi connectivity index (χ3n) is 2.99. The highest BCUT2D eigenvalue weighted by Crippen LogP contribution is 2.27. The lowest BCUT2D eigenvalue weighted by molar-refractivity contribution is 0.0600. The Hall–Kier alpha value is -3.22. The van der Waals surface area contributed by atoms with Gasteiger partial charge < -0.3 is 25.2 Å². The molecule has 0 saturated carbocycles. The van der Waals surface area contributed by atoms with Gasteiger partial charge in [-0.15, -0.1) is 0 Å². The van der Waals surface area contributed by atoms with E-state index in [2.05, 4.69) is 15.4 Å². The molecule has 0 aliphatic heterocycles. The molecule has 0 aliphatic carbocycles. The van der Waals surface area contributed by atoms with E-state index in [4.69, 9.17) is 4.74 Å². The Morgan fingerprint density at radius 3 is 2.48 bits per heavy atom. The van der Waals surface area contributed by atoms with Crippen molar-refractivity contribution in [1.82, 2.24) is 0 Å². The van der Waals surface area contributed by atoms with Crippen molar-refractivity contribution in [2.45, 2.75) is 0 Å². The van der Waals surface area contributed by atoms with Crippen LogP contribution in [0.1, 0.15) is 10.4 Å². The zero-order valence-corrected chi connectivity index (χ0v) is 12.6. The largest absolute Gasteiger partial charge is 0.506 e. The minimum atomic E-state index is -0.563. The fourth-order valence-corrected chi connectivity index (χ4v) is 1.87. The number of methoxy groups -OCH3 is 2. The fraction of sp³-hybridized carbons (Fsp3) is 0.125. The number of benzene rings is 2. The Morgan fingerprint density at radius 2 is 1.83 bits per heavy atom. The van der Waals surface area contributed by atoms with Gasteiger partial charge in [-0.05, 0) is 30.3 Å². The highest BCUT2D eigenvalue weighted by molar-refractivity contribution is 6.01. The maximum Gasteiger partial charge on any atom is 0.337 e. The number of rotatable bonds is 4. The van der Waals surface area contributed by atoms with E-state index in [1.54, 1.807) is 24.3 Å². The number of carbonyl (C=O) groups is 2. The molecule has 7 nitrogen and oxygen atoms in total. The number of anilines is 2. The molecule has 0 spiro atoms. The summed E-state index contributed by atoms with van der Waals surface area (Å²) in [5.74, 6) is -0.149. The van der Waals surface area contributed by atoms with Gasteiger partial charge in [-0.1, -0.05) is 6.07 Å². The number of ether oxygens (including phenoxy) is 2. The van der Waals surface area contributed by atoms with Crippen LogP contribution in [0.15, 0.2) is 42.5 Å². The van der Waals surface area contributed by atoms with Gasteiger partial charge in [-0.25, -0.2) is 9.59 Å². The number of hydrogen-bond acceptors (Lipinski definition) is 5. The van der Waals surface area contributed by atoms with E-state index < -0.39 is 12.0 Å². The van der Waals surface area contributed by atoms with Crippen molar-refractivity contribution in [3.8, 4) is 11.5 Å². The Balaban J connectivity index is 2.06. The van der Waals surface area contributed by atoms with Gasteiger partial charge in [0, 0.05) is 11.8 Å². The SMILES string of the molecule is COC(=O)c1cccc(NC(=O)Nc2ccc(OC)cc2O)c1. The van der Waals surface area contributed by atoms with Crippen LogP contribution in [0.4, 0.5) is 16.2 Å². The molecule has 0 bridgehead atoms. The van der Waals surface area contributed by atoms with Gasteiger partial charge in [0.2, 0.25) is 0 Å². The summed E-state index contributed by atoms with van der Waals surface area (Å²) in [7, 11) is 2.75. The second-order valence-electron chi connectivity index (χ2n) is 4.53. The highest BCUT2D eigenvalue weighted by atomic mass is 16.5. The molecular weight excluding hydrogens is 300 g/mol. The van der Waals surface area contributed by atoms with Crippen molar-refractivity contribution in [3.63, 3.8) is 0 Å². The van der Waals surface area contributed by atoms with Gasteiger partial charge in [0.05, 0.1) is 25.5 Å². The zero-order chi connectivity index (χ0) is 16.8. The number of amides is 2. The molecule has 120 valence electrons. The van der Waals surface area contributed by atoms with Crippen LogP contribution in [0.2, 0.25) is 0 Å². The number of phenolic OH excluding ortho intramolecular Hbond substituents is 1. The van der Waals surface area contributed by atoms with Gasteiger partial charge >= 0.3 is 12.0 Å². The van der Waals surface area contributed by atoms with Crippen LogP contribution in [-0.4, -0.2) is 31.3 Å². The second-order valence-corrected chi connectivity index (χ2v) is 4.53. The third-order valence-corrected chi connectivity index (χ3v) is 2.99. The lowest BCUT2D eigenvalue weighted by Crippen LogP contribution is -2.19. The maximum atomic E-state index is 12.0. The lowest BCUT2D eigenvalue weighted by atomic mass is 10.2. The first-order valence-electron chi connectivity index (χ1n) is 6.67. The average Bonchev–Trinajstić information content (AvgIpc) is 2.56. The quantitative estimate of drug-likeness (QED) is 0.595. The molecule has 0 fully saturated rings. The molecule has 2 amide bonds. The molecular formula is C16H16N2O5. The number of nitrogens with one attached hydrogen (secondary N) is 2. The highest BCUT2D eigenvalue weighted by Gasteiger charge is 2.10. The predicted octanol–water partition coefficient (Wildman–Crippen LogP) is 2.83. The molecule has 3 N–H and O–H groups in total. The number of hydrogen-bond donors (Lipinski definition) is 3. The summed E-state index contributed by atoms with van der Waals surface area (Å²) >= 11 is 0. The van der Waals surface area contributed by atoms with Crippen LogP contribution in [0.3, 0.4) is 0 Å². The van der Waals surface area contributed by atoms with E-state index in [-0.39, 0.29) is 11.4 Å². The predicted molar refractivity (Wildman–Crippen MR) is 85.1 cm³/mol. The van der Waals surface area contributed by atoms with Crippen molar-refractivity contribution < 1.29 is 24.2 Å². The van der Waals surface area contributed by atoms with Crippen molar-refractivity contribution in [2.24, 2.45) is 0 Å².